The van der Waals surface area contributed by atoms with Gasteiger partial charge >= 0.3 is 5.97 Å². The Bertz CT molecular complexity index is 426. The summed E-state index contributed by atoms with van der Waals surface area (Å²) in [6.45, 7) is 1.95. The van der Waals surface area contributed by atoms with Gasteiger partial charge in [-0.05, 0) is 19.8 Å². The molecule has 0 amide bonds. The van der Waals surface area contributed by atoms with Crippen LogP contribution in [0.2, 0.25) is 0 Å². The van der Waals surface area contributed by atoms with Crippen molar-refractivity contribution in [2.45, 2.75) is 25.7 Å². The van der Waals surface area contributed by atoms with Crippen LogP contribution < -0.4 is 0 Å². The summed E-state index contributed by atoms with van der Waals surface area (Å²) in [5.74, 6) is 0.0737. The molecule has 0 saturated heterocycles. The number of ether oxygens (including phenoxy) is 1. The van der Waals surface area contributed by atoms with Gasteiger partial charge in [0.2, 0.25) is 5.76 Å². The van der Waals surface area contributed by atoms with E-state index in [1.807, 2.05) is 6.07 Å². The van der Waals surface area contributed by atoms with Crippen molar-refractivity contribution in [3.63, 3.8) is 0 Å². The molecule has 0 radical (unpaired) electrons. The lowest BCUT2D eigenvalue weighted by atomic mass is 10.4. The van der Waals surface area contributed by atoms with Gasteiger partial charge in [-0.2, -0.15) is 5.26 Å². The number of carbonyl (C=O) groups excluding carboxylic acids is 1. The Labute approximate surface area is 86.7 Å². The molecule has 0 atom stereocenters. The Morgan fingerprint density at radius 1 is 1.73 bits per heavy atom. The first-order chi connectivity index (χ1) is 7.26. The van der Waals surface area contributed by atoms with Crippen LogP contribution in [0.3, 0.4) is 0 Å². The molecule has 5 heteroatoms. The molecule has 1 aromatic rings. The molecular weight excluding hydrogens is 196 g/mol. The Morgan fingerprint density at radius 3 is 3.00 bits per heavy atom. The zero-order valence-electron chi connectivity index (χ0n) is 8.32. The van der Waals surface area contributed by atoms with Crippen LogP contribution in [0.25, 0.3) is 0 Å². The highest BCUT2D eigenvalue weighted by atomic mass is 16.5. The molecule has 5 nitrogen and oxygen atoms in total. The van der Waals surface area contributed by atoms with Gasteiger partial charge in [0.05, 0.1) is 6.61 Å². The summed E-state index contributed by atoms with van der Waals surface area (Å²) < 4.78 is 10.00. The van der Waals surface area contributed by atoms with E-state index in [-0.39, 0.29) is 24.0 Å². The van der Waals surface area contributed by atoms with Gasteiger partial charge in [0.25, 0.3) is 0 Å². The summed E-state index contributed by atoms with van der Waals surface area (Å²) >= 11 is 0. The minimum atomic E-state index is -0.617. The molecule has 15 heavy (non-hydrogen) atoms. The SMILES string of the molecule is CCOC(=O)c1oc(C2CC2)nc1C#N. The van der Waals surface area contributed by atoms with Crippen molar-refractivity contribution in [2.75, 3.05) is 6.61 Å². The molecule has 1 heterocycles. The molecule has 2 rings (SSSR count). The summed E-state index contributed by atoms with van der Waals surface area (Å²) in [5.41, 5.74) is 0.0235. The lowest BCUT2D eigenvalue weighted by Crippen LogP contribution is -2.05. The third kappa shape index (κ3) is 1.84. The summed E-state index contributed by atoms with van der Waals surface area (Å²) in [7, 11) is 0. The number of esters is 1. The van der Waals surface area contributed by atoms with E-state index in [0.717, 1.165) is 12.8 Å². The fourth-order valence-corrected chi connectivity index (χ4v) is 1.25. The molecular formula is C10H10N2O3. The predicted octanol–water partition coefficient (Wildman–Crippen LogP) is 1.60. The van der Waals surface area contributed by atoms with Gasteiger partial charge < -0.3 is 9.15 Å². The van der Waals surface area contributed by atoms with E-state index in [0.29, 0.717) is 5.89 Å². The average molecular weight is 206 g/mol. The van der Waals surface area contributed by atoms with Crippen molar-refractivity contribution >= 4 is 5.97 Å². The van der Waals surface area contributed by atoms with Gasteiger partial charge in [0.15, 0.2) is 11.6 Å². The first-order valence-electron chi connectivity index (χ1n) is 4.84. The van der Waals surface area contributed by atoms with Gasteiger partial charge in [-0.25, -0.2) is 9.78 Å². The van der Waals surface area contributed by atoms with Crippen LogP contribution in [-0.4, -0.2) is 17.6 Å². The average Bonchev–Trinajstić information content (AvgIpc) is 2.98. The normalized spacial score (nSPS) is 14.7. The van der Waals surface area contributed by atoms with Crippen molar-refractivity contribution in [3.8, 4) is 6.07 Å². The van der Waals surface area contributed by atoms with Crippen LogP contribution in [-0.2, 0) is 4.74 Å². The van der Waals surface area contributed by atoms with Gasteiger partial charge in [0.1, 0.15) is 6.07 Å². The molecule has 0 spiro atoms. The maximum Gasteiger partial charge on any atom is 0.377 e. The number of hydrogen-bond donors (Lipinski definition) is 0. The number of nitrogens with zero attached hydrogens (tertiary/aromatic N) is 2. The zero-order valence-corrected chi connectivity index (χ0v) is 8.32. The summed E-state index contributed by atoms with van der Waals surface area (Å²) in [5, 5.41) is 8.77. The van der Waals surface area contributed by atoms with Crippen LogP contribution in [0, 0.1) is 11.3 Å². The Kier molecular flexibility index (Phi) is 2.42. The minimum Gasteiger partial charge on any atom is -0.460 e. The monoisotopic (exact) mass is 206 g/mol. The van der Waals surface area contributed by atoms with Crippen molar-refractivity contribution in [3.05, 3.63) is 17.3 Å². The molecule has 78 valence electrons. The number of carbonyl (C=O) groups is 1. The van der Waals surface area contributed by atoms with Crippen molar-refractivity contribution in [1.82, 2.24) is 4.98 Å². The van der Waals surface area contributed by atoms with E-state index in [1.54, 1.807) is 6.92 Å². The van der Waals surface area contributed by atoms with E-state index in [1.165, 1.54) is 0 Å². The summed E-state index contributed by atoms with van der Waals surface area (Å²) in [6.07, 6.45) is 2.02. The van der Waals surface area contributed by atoms with Crippen molar-refractivity contribution < 1.29 is 13.9 Å². The molecule has 1 aromatic heterocycles. The van der Waals surface area contributed by atoms with E-state index in [2.05, 4.69) is 4.98 Å². The Morgan fingerprint density at radius 2 is 2.47 bits per heavy atom. The molecule has 0 aliphatic heterocycles. The predicted molar refractivity (Wildman–Crippen MR) is 49.1 cm³/mol. The standard InChI is InChI=1S/C10H10N2O3/c1-2-14-10(13)8-7(5-11)12-9(15-8)6-3-4-6/h6H,2-4H2,1H3. The number of hydrogen-bond acceptors (Lipinski definition) is 5. The second kappa shape index (κ2) is 3.73. The smallest absolute Gasteiger partial charge is 0.377 e. The molecule has 1 fully saturated rings. The molecule has 1 saturated carbocycles. The highest BCUT2D eigenvalue weighted by Crippen LogP contribution is 2.40. The van der Waals surface area contributed by atoms with E-state index >= 15 is 0 Å². The molecule has 1 aliphatic rings. The Balaban J connectivity index is 2.28. The number of nitriles is 1. The lowest BCUT2D eigenvalue weighted by Gasteiger charge is -1.96. The van der Waals surface area contributed by atoms with Gasteiger partial charge in [-0.3, -0.25) is 0 Å². The van der Waals surface area contributed by atoms with Crippen molar-refractivity contribution in [2.24, 2.45) is 0 Å². The maximum atomic E-state index is 11.4. The van der Waals surface area contributed by atoms with Gasteiger partial charge in [-0.15, -0.1) is 0 Å². The molecule has 0 unspecified atom stereocenters. The van der Waals surface area contributed by atoms with E-state index in [4.69, 9.17) is 14.4 Å². The van der Waals surface area contributed by atoms with Crippen LogP contribution in [0.4, 0.5) is 0 Å². The largest absolute Gasteiger partial charge is 0.460 e. The quantitative estimate of drug-likeness (QED) is 0.702. The highest BCUT2D eigenvalue weighted by Gasteiger charge is 2.32. The lowest BCUT2D eigenvalue weighted by molar-refractivity contribution is 0.0487. The van der Waals surface area contributed by atoms with E-state index < -0.39 is 5.97 Å². The second-order valence-corrected chi connectivity index (χ2v) is 3.34. The fraction of sp³-hybridized carbons (Fsp3) is 0.500. The molecule has 0 bridgehead atoms. The number of aromatic nitrogens is 1. The third-order valence-electron chi connectivity index (χ3n) is 2.14. The zero-order chi connectivity index (χ0) is 10.8. The number of oxazole rings is 1. The Hall–Kier alpha value is -1.83. The molecule has 0 aromatic carbocycles. The minimum absolute atomic E-state index is 0.0235. The summed E-state index contributed by atoms with van der Waals surface area (Å²) in [6, 6.07) is 1.83. The first kappa shape index (κ1) is 9.71. The highest BCUT2D eigenvalue weighted by molar-refractivity contribution is 5.88. The topological polar surface area (TPSA) is 76.1 Å². The van der Waals surface area contributed by atoms with Crippen LogP contribution in [0.5, 0.6) is 0 Å². The van der Waals surface area contributed by atoms with Crippen LogP contribution >= 0.6 is 0 Å². The van der Waals surface area contributed by atoms with Gasteiger partial charge in [0, 0.05) is 5.92 Å². The fourth-order valence-electron chi connectivity index (χ4n) is 1.25. The maximum absolute atomic E-state index is 11.4. The molecule has 1 aliphatic carbocycles. The number of rotatable bonds is 3. The van der Waals surface area contributed by atoms with Crippen molar-refractivity contribution in [1.29, 1.82) is 5.26 Å². The van der Waals surface area contributed by atoms with Crippen LogP contribution in [0.15, 0.2) is 4.42 Å². The second-order valence-electron chi connectivity index (χ2n) is 3.34. The summed E-state index contributed by atoms with van der Waals surface area (Å²) in [4.78, 5) is 15.3. The van der Waals surface area contributed by atoms with Gasteiger partial charge in [-0.1, -0.05) is 0 Å². The van der Waals surface area contributed by atoms with Crippen LogP contribution in [0.1, 0.15) is 47.8 Å². The third-order valence-corrected chi connectivity index (χ3v) is 2.14. The first-order valence-corrected chi connectivity index (χ1v) is 4.84. The van der Waals surface area contributed by atoms with E-state index in [9.17, 15) is 4.79 Å². The molecule has 0 N–H and O–H groups in total.